The number of likely N-dealkylation sites (tertiary alicyclic amines) is 1. The first kappa shape index (κ1) is 15.3. The van der Waals surface area contributed by atoms with Gasteiger partial charge < -0.3 is 10.2 Å². The van der Waals surface area contributed by atoms with Crippen molar-refractivity contribution in [3.05, 3.63) is 30.1 Å². The third-order valence-corrected chi connectivity index (χ3v) is 4.29. The van der Waals surface area contributed by atoms with Gasteiger partial charge in [0.2, 0.25) is 5.91 Å². The molecule has 1 amide bonds. The number of amides is 1. The van der Waals surface area contributed by atoms with E-state index in [0.717, 1.165) is 45.3 Å². The first-order valence-electron chi connectivity index (χ1n) is 7.27. The van der Waals surface area contributed by atoms with Crippen LogP contribution in [0.4, 0.5) is 0 Å². The lowest BCUT2D eigenvalue weighted by Gasteiger charge is -2.31. The number of aromatic nitrogens is 1. The Balaban J connectivity index is 0.00000147. The van der Waals surface area contributed by atoms with Crippen molar-refractivity contribution in [1.29, 1.82) is 0 Å². The molecule has 1 N–H and O–H groups in total. The number of rotatable bonds is 2. The molecule has 2 fully saturated rings. The number of pyridine rings is 1. The molecule has 1 unspecified atom stereocenters. The van der Waals surface area contributed by atoms with Crippen LogP contribution in [0.1, 0.15) is 37.3 Å². The molecule has 0 radical (unpaired) electrons. The summed E-state index contributed by atoms with van der Waals surface area (Å²) < 4.78 is 0. The highest BCUT2D eigenvalue weighted by atomic mass is 35.5. The van der Waals surface area contributed by atoms with Crippen molar-refractivity contribution in [1.82, 2.24) is 15.2 Å². The van der Waals surface area contributed by atoms with Crippen LogP contribution in [0.5, 0.6) is 0 Å². The van der Waals surface area contributed by atoms with Crippen molar-refractivity contribution >= 4 is 18.3 Å². The van der Waals surface area contributed by atoms with Gasteiger partial charge in [-0.05, 0) is 50.4 Å². The number of nitrogens with one attached hydrogen (secondary N) is 1. The smallest absolute Gasteiger partial charge is 0.226 e. The van der Waals surface area contributed by atoms with E-state index >= 15 is 0 Å². The molecule has 4 nitrogen and oxygen atoms in total. The first-order valence-corrected chi connectivity index (χ1v) is 7.27. The summed E-state index contributed by atoms with van der Waals surface area (Å²) in [5.74, 6) is 0.575. The quantitative estimate of drug-likeness (QED) is 0.909. The van der Waals surface area contributed by atoms with Gasteiger partial charge >= 0.3 is 0 Å². The van der Waals surface area contributed by atoms with Gasteiger partial charge in [0.25, 0.3) is 0 Å². The fraction of sp³-hybridized carbons (Fsp3) is 0.600. The summed E-state index contributed by atoms with van der Waals surface area (Å²) in [6.45, 7) is 2.85. The maximum absolute atomic E-state index is 12.7. The van der Waals surface area contributed by atoms with Gasteiger partial charge in [0.1, 0.15) is 0 Å². The Morgan fingerprint density at radius 2 is 2.10 bits per heavy atom. The number of halogens is 1. The zero-order valence-corrected chi connectivity index (χ0v) is 12.4. The van der Waals surface area contributed by atoms with Crippen LogP contribution in [0, 0.1) is 5.92 Å². The van der Waals surface area contributed by atoms with Crippen LogP contribution >= 0.6 is 12.4 Å². The van der Waals surface area contributed by atoms with E-state index in [2.05, 4.69) is 21.3 Å². The number of nitrogens with zero attached hydrogens (tertiary/aromatic N) is 2. The number of hydrogen-bond donors (Lipinski definition) is 1. The molecule has 2 saturated heterocycles. The lowest BCUT2D eigenvalue weighted by Crippen LogP contribution is -2.40. The highest BCUT2D eigenvalue weighted by Crippen LogP contribution is 2.33. The molecule has 1 atom stereocenters. The SMILES string of the molecule is Cl.O=C(C1CCNCC1)N1CCCC1c1cccnc1. The van der Waals surface area contributed by atoms with E-state index in [4.69, 9.17) is 0 Å². The normalized spacial score (nSPS) is 23.4. The molecule has 20 heavy (non-hydrogen) atoms. The molecule has 0 saturated carbocycles. The lowest BCUT2D eigenvalue weighted by molar-refractivity contribution is -0.137. The van der Waals surface area contributed by atoms with Gasteiger partial charge in [-0.25, -0.2) is 0 Å². The van der Waals surface area contributed by atoms with Gasteiger partial charge in [-0.15, -0.1) is 12.4 Å². The topological polar surface area (TPSA) is 45.2 Å². The Morgan fingerprint density at radius 1 is 1.30 bits per heavy atom. The Bertz CT molecular complexity index is 434. The highest BCUT2D eigenvalue weighted by molar-refractivity contribution is 5.85. The average Bonchev–Trinajstić information content (AvgIpc) is 2.98. The Kier molecular flexibility index (Phi) is 5.38. The molecule has 110 valence electrons. The predicted molar refractivity (Wildman–Crippen MR) is 80.8 cm³/mol. The molecule has 2 aliphatic heterocycles. The minimum Gasteiger partial charge on any atom is -0.335 e. The molecule has 0 aromatic carbocycles. The molecule has 5 heteroatoms. The maximum Gasteiger partial charge on any atom is 0.226 e. The van der Waals surface area contributed by atoms with E-state index in [-0.39, 0.29) is 24.4 Å². The number of carbonyl (C=O) groups excluding carboxylic acids is 1. The van der Waals surface area contributed by atoms with E-state index in [9.17, 15) is 4.79 Å². The molecular weight excluding hydrogens is 274 g/mol. The summed E-state index contributed by atoms with van der Waals surface area (Å²) in [5.41, 5.74) is 1.18. The zero-order chi connectivity index (χ0) is 13.1. The fourth-order valence-electron chi connectivity index (χ4n) is 3.25. The van der Waals surface area contributed by atoms with E-state index in [1.807, 2.05) is 12.3 Å². The van der Waals surface area contributed by atoms with Crippen LogP contribution < -0.4 is 5.32 Å². The number of piperidine rings is 1. The second-order valence-corrected chi connectivity index (χ2v) is 5.50. The second-order valence-electron chi connectivity index (χ2n) is 5.50. The van der Waals surface area contributed by atoms with Crippen molar-refractivity contribution in [3.8, 4) is 0 Å². The second kappa shape index (κ2) is 7.04. The van der Waals surface area contributed by atoms with Crippen molar-refractivity contribution in [3.63, 3.8) is 0 Å². The van der Waals surface area contributed by atoms with Crippen LogP contribution in [-0.4, -0.2) is 35.4 Å². The van der Waals surface area contributed by atoms with E-state index in [1.54, 1.807) is 6.20 Å². The Hall–Kier alpha value is -1.13. The van der Waals surface area contributed by atoms with Crippen LogP contribution in [0.3, 0.4) is 0 Å². The number of hydrogen-bond acceptors (Lipinski definition) is 3. The summed E-state index contributed by atoms with van der Waals surface area (Å²) in [4.78, 5) is 18.9. The Labute approximate surface area is 126 Å². The molecule has 1 aromatic heterocycles. The van der Waals surface area contributed by atoms with Crippen LogP contribution in [0.15, 0.2) is 24.5 Å². The van der Waals surface area contributed by atoms with Crippen LogP contribution in [0.25, 0.3) is 0 Å². The summed E-state index contributed by atoms with van der Waals surface area (Å²) in [5, 5.41) is 3.32. The van der Waals surface area contributed by atoms with Gasteiger partial charge in [-0.1, -0.05) is 6.07 Å². The van der Waals surface area contributed by atoms with Crippen molar-refractivity contribution in [2.24, 2.45) is 5.92 Å². The minimum absolute atomic E-state index is 0. The molecule has 1 aromatic rings. The molecule has 0 spiro atoms. The lowest BCUT2D eigenvalue weighted by atomic mass is 9.95. The molecule has 0 aliphatic carbocycles. The Morgan fingerprint density at radius 3 is 2.80 bits per heavy atom. The van der Waals surface area contributed by atoms with Gasteiger partial charge in [-0.2, -0.15) is 0 Å². The van der Waals surface area contributed by atoms with Gasteiger partial charge in [0.15, 0.2) is 0 Å². The molecule has 2 aliphatic rings. The molecule has 0 bridgehead atoms. The fourth-order valence-corrected chi connectivity index (χ4v) is 3.25. The average molecular weight is 296 g/mol. The standard InChI is InChI=1S/C15H21N3O.ClH/c19-15(12-5-8-16-9-6-12)18-10-2-4-14(18)13-3-1-7-17-11-13;/h1,3,7,11-12,14,16H,2,4-6,8-10H2;1H. The molecule has 3 heterocycles. The third kappa shape index (κ3) is 3.13. The van der Waals surface area contributed by atoms with Crippen molar-refractivity contribution in [2.45, 2.75) is 31.7 Å². The largest absolute Gasteiger partial charge is 0.335 e. The van der Waals surface area contributed by atoms with Crippen molar-refractivity contribution < 1.29 is 4.79 Å². The summed E-state index contributed by atoms with van der Waals surface area (Å²) in [7, 11) is 0. The predicted octanol–water partition coefficient (Wildman–Crippen LogP) is 2.17. The summed E-state index contributed by atoms with van der Waals surface area (Å²) in [6, 6.07) is 4.29. The molecule has 3 rings (SSSR count). The molecular formula is C15H22ClN3O. The highest BCUT2D eigenvalue weighted by Gasteiger charge is 2.34. The monoisotopic (exact) mass is 295 g/mol. The van der Waals surface area contributed by atoms with Crippen LogP contribution in [-0.2, 0) is 4.79 Å². The summed E-state index contributed by atoms with van der Waals surface area (Å²) in [6.07, 6.45) is 7.83. The third-order valence-electron chi connectivity index (χ3n) is 4.29. The van der Waals surface area contributed by atoms with Gasteiger partial charge in [-0.3, -0.25) is 9.78 Å². The van der Waals surface area contributed by atoms with E-state index < -0.39 is 0 Å². The number of carbonyl (C=O) groups is 1. The van der Waals surface area contributed by atoms with E-state index in [1.165, 1.54) is 5.56 Å². The van der Waals surface area contributed by atoms with Crippen LogP contribution in [0.2, 0.25) is 0 Å². The van der Waals surface area contributed by atoms with Gasteiger partial charge in [0.05, 0.1) is 6.04 Å². The minimum atomic E-state index is 0. The summed E-state index contributed by atoms with van der Waals surface area (Å²) >= 11 is 0. The first-order chi connectivity index (χ1) is 9.36. The maximum atomic E-state index is 12.7. The van der Waals surface area contributed by atoms with E-state index in [0.29, 0.717) is 5.91 Å². The van der Waals surface area contributed by atoms with Crippen molar-refractivity contribution in [2.75, 3.05) is 19.6 Å². The van der Waals surface area contributed by atoms with Gasteiger partial charge in [0, 0.05) is 24.9 Å². The zero-order valence-electron chi connectivity index (χ0n) is 11.6.